The Balaban J connectivity index is 1.95. The first kappa shape index (κ1) is 12.4. The van der Waals surface area contributed by atoms with Gasteiger partial charge in [-0.3, -0.25) is 0 Å². The van der Waals surface area contributed by atoms with Gasteiger partial charge in [-0.25, -0.2) is 0 Å². The molecular formula is C14H27NO. The third kappa shape index (κ3) is 2.98. The van der Waals surface area contributed by atoms with Crippen LogP contribution in [0.1, 0.15) is 39.0 Å². The Hall–Kier alpha value is -0.0800. The fourth-order valence-electron chi connectivity index (χ4n) is 3.72. The summed E-state index contributed by atoms with van der Waals surface area (Å²) >= 11 is 0. The molecule has 2 rings (SSSR count). The van der Waals surface area contributed by atoms with Gasteiger partial charge < -0.3 is 10.1 Å². The van der Waals surface area contributed by atoms with Crippen LogP contribution in [0, 0.1) is 23.7 Å². The van der Waals surface area contributed by atoms with Crippen LogP contribution in [0.15, 0.2) is 0 Å². The van der Waals surface area contributed by atoms with Crippen molar-refractivity contribution in [2.45, 2.75) is 39.0 Å². The van der Waals surface area contributed by atoms with Crippen LogP contribution in [-0.2, 0) is 4.74 Å². The summed E-state index contributed by atoms with van der Waals surface area (Å²) in [5.41, 5.74) is 0. The number of ether oxygens (including phenoxy) is 1. The minimum Gasteiger partial charge on any atom is -0.381 e. The van der Waals surface area contributed by atoms with Gasteiger partial charge in [-0.05, 0) is 62.9 Å². The van der Waals surface area contributed by atoms with Crippen molar-refractivity contribution >= 4 is 0 Å². The zero-order chi connectivity index (χ0) is 11.4. The van der Waals surface area contributed by atoms with Crippen LogP contribution in [0.2, 0.25) is 0 Å². The highest BCUT2D eigenvalue weighted by Crippen LogP contribution is 2.41. The minimum atomic E-state index is 0.921. The van der Waals surface area contributed by atoms with E-state index in [9.17, 15) is 0 Å². The lowest BCUT2D eigenvalue weighted by atomic mass is 9.67. The first-order chi connectivity index (χ1) is 7.81. The van der Waals surface area contributed by atoms with Crippen molar-refractivity contribution in [3.8, 4) is 0 Å². The summed E-state index contributed by atoms with van der Waals surface area (Å²) in [6.07, 6.45) is 6.93. The summed E-state index contributed by atoms with van der Waals surface area (Å²) in [7, 11) is 2.10. The maximum atomic E-state index is 5.50. The van der Waals surface area contributed by atoms with Crippen molar-refractivity contribution in [2.24, 2.45) is 23.7 Å². The fraction of sp³-hybridized carbons (Fsp3) is 1.00. The molecule has 2 fully saturated rings. The summed E-state index contributed by atoms with van der Waals surface area (Å²) in [6, 6.07) is 0. The smallest absolute Gasteiger partial charge is 0.0468 e. The molecule has 1 heterocycles. The average molecular weight is 225 g/mol. The Labute approximate surface area is 100 Å². The molecule has 94 valence electrons. The van der Waals surface area contributed by atoms with Gasteiger partial charge in [-0.2, -0.15) is 0 Å². The zero-order valence-electron chi connectivity index (χ0n) is 10.9. The van der Waals surface area contributed by atoms with Gasteiger partial charge in [0, 0.05) is 13.2 Å². The van der Waals surface area contributed by atoms with E-state index in [0.29, 0.717) is 0 Å². The van der Waals surface area contributed by atoms with Gasteiger partial charge in [-0.15, -0.1) is 0 Å². The van der Waals surface area contributed by atoms with E-state index >= 15 is 0 Å². The van der Waals surface area contributed by atoms with E-state index in [1.165, 1.54) is 38.6 Å². The Bertz CT molecular complexity index is 196. The first-order valence-corrected chi connectivity index (χ1v) is 7.03. The molecular weight excluding hydrogens is 198 g/mol. The van der Waals surface area contributed by atoms with Gasteiger partial charge in [-0.1, -0.05) is 13.3 Å². The van der Waals surface area contributed by atoms with E-state index in [-0.39, 0.29) is 0 Å². The number of nitrogens with one attached hydrogen (secondary N) is 1. The summed E-state index contributed by atoms with van der Waals surface area (Å²) in [4.78, 5) is 0. The zero-order valence-corrected chi connectivity index (χ0v) is 10.9. The van der Waals surface area contributed by atoms with Gasteiger partial charge in [0.05, 0.1) is 0 Å². The summed E-state index contributed by atoms with van der Waals surface area (Å²) < 4.78 is 5.50. The lowest BCUT2D eigenvalue weighted by Gasteiger charge is -2.41. The third-order valence-corrected chi connectivity index (χ3v) is 4.65. The second kappa shape index (κ2) is 6.02. The second-order valence-corrected chi connectivity index (χ2v) is 5.85. The molecule has 0 bridgehead atoms. The first-order valence-electron chi connectivity index (χ1n) is 7.03. The molecule has 1 aliphatic carbocycles. The van der Waals surface area contributed by atoms with Crippen LogP contribution >= 0.6 is 0 Å². The molecule has 2 heteroatoms. The number of rotatable bonds is 3. The molecule has 3 atom stereocenters. The predicted molar refractivity (Wildman–Crippen MR) is 67.5 cm³/mol. The van der Waals surface area contributed by atoms with Crippen molar-refractivity contribution in [2.75, 3.05) is 26.8 Å². The highest BCUT2D eigenvalue weighted by Gasteiger charge is 2.34. The Morgan fingerprint density at radius 3 is 2.56 bits per heavy atom. The monoisotopic (exact) mass is 225 g/mol. The quantitative estimate of drug-likeness (QED) is 0.797. The summed E-state index contributed by atoms with van der Waals surface area (Å²) in [5, 5.41) is 3.39. The molecule has 1 saturated heterocycles. The maximum Gasteiger partial charge on any atom is 0.0468 e. The lowest BCUT2D eigenvalue weighted by molar-refractivity contribution is 0.0162. The molecule has 0 aromatic carbocycles. The molecule has 16 heavy (non-hydrogen) atoms. The summed E-state index contributed by atoms with van der Waals surface area (Å²) in [6.45, 7) is 5.65. The molecule has 0 radical (unpaired) electrons. The SMILES string of the molecule is CNCC1CCC(C)CC1C1CCOCC1. The Morgan fingerprint density at radius 2 is 1.88 bits per heavy atom. The van der Waals surface area contributed by atoms with E-state index in [1.807, 2.05) is 0 Å². The van der Waals surface area contributed by atoms with Crippen LogP contribution in [0.25, 0.3) is 0 Å². The standard InChI is InChI=1S/C14H27NO/c1-11-3-4-13(10-15-2)14(9-11)12-5-7-16-8-6-12/h11-15H,3-10H2,1-2H3. The van der Waals surface area contributed by atoms with Crippen molar-refractivity contribution in [3.63, 3.8) is 0 Å². The Morgan fingerprint density at radius 1 is 1.12 bits per heavy atom. The third-order valence-electron chi connectivity index (χ3n) is 4.65. The van der Waals surface area contributed by atoms with E-state index < -0.39 is 0 Å². The predicted octanol–water partition coefficient (Wildman–Crippen LogP) is 2.68. The van der Waals surface area contributed by atoms with E-state index in [4.69, 9.17) is 4.74 Å². The maximum absolute atomic E-state index is 5.50. The van der Waals surface area contributed by atoms with Gasteiger partial charge in [0.25, 0.3) is 0 Å². The van der Waals surface area contributed by atoms with E-state index in [1.54, 1.807) is 0 Å². The molecule has 1 N–H and O–H groups in total. The van der Waals surface area contributed by atoms with Crippen LogP contribution in [0.4, 0.5) is 0 Å². The minimum absolute atomic E-state index is 0.921. The second-order valence-electron chi connectivity index (χ2n) is 5.85. The lowest BCUT2D eigenvalue weighted by Crippen LogP contribution is -2.37. The largest absolute Gasteiger partial charge is 0.381 e. The van der Waals surface area contributed by atoms with Gasteiger partial charge in [0.1, 0.15) is 0 Å². The molecule has 3 unspecified atom stereocenters. The van der Waals surface area contributed by atoms with Crippen molar-refractivity contribution in [1.29, 1.82) is 0 Å². The van der Waals surface area contributed by atoms with Crippen LogP contribution < -0.4 is 5.32 Å². The molecule has 0 aromatic rings. The molecule has 2 nitrogen and oxygen atoms in total. The average Bonchev–Trinajstić information content (AvgIpc) is 2.33. The molecule has 0 amide bonds. The molecule has 1 saturated carbocycles. The molecule has 0 aromatic heterocycles. The number of hydrogen-bond donors (Lipinski definition) is 1. The van der Waals surface area contributed by atoms with Crippen LogP contribution in [-0.4, -0.2) is 26.8 Å². The van der Waals surface area contributed by atoms with Gasteiger partial charge in [0.2, 0.25) is 0 Å². The van der Waals surface area contributed by atoms with E-state index in [2.05, 4.69) is 19.3 Å². The van der Waals surface area contributed by atoms with E-state index in [0.717, 1.165) is 36.9 Å². The molecule has 2 aliphatic rings. The van der Waals surface area contributed by atoms with Crippen molar-refractivity contribution < 1.29 is 4.74 Å². The van der Waals surface area contributed by atoms with Gasteiger partial charge >= 0.3 is 0 Å². The molecule has 1 aliphatic heterocycles. The topological polar surface area (TPSA) is 21.3 Å². The molecule has 0 spiro atoms. The van der Waals surface area contributed by atoms with Crippen LogP contribution in [0.3, 0.4) is 0 Å². The normalized spacial score (nSPS) is 37.5. The number of hydrogen-bond acceptors (Lipinski definition) is 2. The highest BCUT2D eigenvalue weighted by molar-refractivity contribution is 4.85. The Kier molecular flexibility index (Phi) is 4.66. The highest BCUT2D eigenvalue weighted by atomic mass is 16.5. The summed E-state index contributed by atoms with van der Waals surface area (Å²) in [5.74, 6) is 3.76. The van der Waals surface area contributed by atoms with Gasteiger partial charge in [0.15, 0.2) is 0 Å². The van der Waals surface area contributed by atoms with Crippen molar-refractivity contribution in [1.82, 2.24) is 5.32 Å². The van der Waals surface area contributed by atoms with Crippen LogP contribution in [0.5, 0.6) is 0 Å². The van der Waals surface area contributed by atoms with Crippen molar-refractivity contribution in [3.05, 3.63) is 0 Å². The fourth-order valence-corrected chi connectivity index (χ4v) is 3.72.